The molecule has 0 saturated heterocycles. The number of benzene rings is 1. The summed E-state index contributed by atoms with van der Waals surface area (Å²) in [5.41, 5.74) is 3.29. The normalized spacial score (nSPS) is 11.1. The summed E-state index contributed by atoms with van der Waals surface area (Å²) in [6.07, 6.45) is 1.93. The molecule has 1 aromatic heterocycles. The Balaban J connectivity index is 2.08. The van der Waals surface area contributed by atoms with E-state index in [0.717, 1.165) is 23.6 Å². The van der Waals surface area contributed by atoms with Crippen molar-refractivity contribution in [1.29, 1.82) is 0 Å². The van der Waals surface area contributed by atoms with Gasteiger partial charge in [-0.3, -0.25) is 4.68 Å². The van der Waals surface area contributed by atoms with Crippen molar-refractivity contribution in [2.24, 2.45) is 7.05 Å². The van der Waals surface area contributed by atoms with Crippen molar-refractivity contribution < 1.29 is 4.74 Å². The minimum atomic E-state index is 0.458. The van der Waals surface area contributed by atoms with Crippen LogP contribution >= 0.6 is 0 Å². The van der Waals surface area contributed by atoms with Crippen LogP contribution in [0.4, 0.5) is 0 Å². The summed E-state index contributed by atoms with van der Waals surface area (Å²) in [6, 6.07) is 8.69. The van der Waals surface area contributed by atoms with Gasteiger partial charge >= 0.3 is 0 Å². The first-order chi connectivity index (χ1) is 9.56. The van der Waals surface area contributed by atoms with Crippen LogP contribution in [-0.2, 0) is 20.2 Å². The van der Waals surface area contributed by atoms with Gasteiger partial charge in [0.2, 0.25) is 0 Å². The van der Waals surface area contributed by atoms with Crippen molar-refractivity contribution in [3.63, 3.8) is 0 Å². The molecule has 0 spiro atoms. The highest BCUT2D eigenvalue weighted by molar-refractivity contribution is 5.40. The van der Waals surface area contributed by atoms with E-state index in [2.05, 4.69) is 49.4 Å². The fourth-order valence-electron chi connectivity index (χ4n) is 2.06. The molecule has 2 aromatic rings. The number of nitrogens with one attached hydrogen (secondary N) is 1. The van der Waals surface area contributed by atoms with Crippen molar-refractivity contribution in [3.8, 4) is 5.75 Å². The van der Waals surface area contributed by atoms with E-state index in [1.54, 1.807) is 4.68 Å². The average Bonchev–Trinajstić information content (AvgIpc) is 2.81. The number of aromatic nitrogens is 2. The molecule has 0 aliphatic heterocycles. The third-order valence-electron chi connectivity index (χ3n) is 3.13. The van der Waals surface area contributed by atoms with Gasteiger partial charge in [0, 0.05) is 31.4 Å². The molecule has 20 heavy (non-hydrogen) atoms. The predicted molar refractivity (Wildman–Crippen MR) is 80.7 cm³/mol. The van der Waals surface area contributed by atoms with Gasteiger partial charge < -0.3 is 10.1 Å². The molecule has 0 atom stereocenters. The monoisotopic (exact) mass is 273 g/mol. The molecule has 0 amide bonds. The number of rotatable bonds is 6. The smallest absolute Gasteiger partial charge is 0.132 e. The van der Waals surface area contributed by atoms with Crippen LogP contribution in [0.5, 0.6) is 5.75 Å². The Hall–Kier alpha value is -1.81. The van der Waals surface area contributed by atoms with E-state index in [0.29, 0.717) is 12.6 Å². The highest BCUT2D eigenvalue weighted by Gasteiger charge is 2.08. The molecule has 1 heterocycles. The van der Waals surface area contributed by atoms with E-state index in [1.807, 2.05) is 19.3 Å². The second-order valence-corrected chi connectivity index (χ2v) is 5.37. The predicted octanol–water partition coefficient (Wildman–Crippen LogP) is 2.81. The van der Waals surface area contributed by atoms with Gasteiger partial charge in [-0.2, -0.15) is 5.10 Å². The minimum absolute atomic E-state index is 0.458. The van der Waals surface area contributed by atoms with E-state index in [4.69, 9.17) is 4.74 Å². The SMILES string of the molecule is Cc1cccc(CNC(C)C)c1OCc1ccn(C)n1. The first-order valence-corrected chi connectivity index (χ1v) is 6.99. The molecule has 108 valence electrons. The van der Waals surface area contributed by atoms with Crippen LogP contribution in [0.1, 0.15) is 30.7 Å². The Morgan fingerprint density at radius 3 is 2.75 bits per heavy atom. The highest BCUT2D eigenvalue weighted by Crippen LogP contribution is 2.24. The van der Waals surface area contributed by atoms with Gasteiger partial charge in [-0.15, -0.1) is 0 Å². The molecular weight excluding hydrogens is 250 g/mol. The molecule has 1 N–H and O–H groups in total. The van der Waals surface area contributed by atoms with Gasteiger partial charge in [0.25, 0.3) is 0 Å². The zero-order valence-electron chi connectivity index (χ0n) is 12.7. The van der Waals surface area contributed by atoms with E-state index in [9.17, 15) is 0 Å². The largest absolute Gasteiger partial charge is 0.487 e. The molecule has 0 bridgehead atoms. The van der Waals surface area contributed by atoms with Gasteiger partial charge in [0.05, 0.1) is 5.69 Å². The van der Waals surface area contributed by atoms with Gasteiger partial charge in [0.15, 0.2) is 0 Å². The maximum atomic E-state index is 5.98. The fraction of sp³-hybridized carbons (Fsp3) is 0.438. The summed E-state index contributed by atoms with van der Waals surface area (Å²) in [7, 11) is 1.91. The van der Waals surface area contributed by atoms with Gasteiger partial charge in [0.1, 0.15) is 12.4 Å². The Kier molecular flexibility index (Phi) is 4.79. The van der Waals surface area contributed by atoms with E-state index < -0.39 is 0 Å². The molecule has 0 radical (unpaired) electrons. The average molecular weight is 273 g/mol. The summed E-state index contributed by atoms with van der Waals surface area (Å²) in [4.78, 5) is 0. The highest BCUT2D eigenvalue weighted by atomic mass is 16.5. The van der Waals surface area contributed by atoms with E-state index in [-0.39, 0.29) is 0 Å². The second kappa shape index (κ2) is 6.57. The van der Waals surface area contributed by atoms with Gasteiger partial charge in [-0.1, -0.05) is 32.0 Å². The molecule has 0 aliphatic rings. The standard InChI is InChI=1S/C16H23N3O/c1-12(2)17-10-14-7-5-6-13(3)16(14)20-11-15-8-9-19(4)18-15/h5-9,12,17H,10-11H2,1-4H3. The van der Waals surface area contributed by atoms with Crippen molar-refractivity contribution in [3.05, 3.63) is 47.3 Å². The third-order valence-corrected chi connectivity index (χ3v) is 3.13. The van der Waals surface area contributed by atoms with Crippen LogP contribution in [0, 0.1) is 6.92 Å². The summed E-state index contributed by atoms with van der Waals surface area (Å²) in [6.45, 7) is 7.68. The zero-order valence-corrected chi connectivity index (χ0v) is 12.7. The van der Waals surface area contributed by atoms with Gasteiger partial charge in [-0.05, 0) is 18.6 Å². The van der Waals surface area contributed by atoms with E-state index in [1.165, 1.54) is 5.56 Å². The maximum absolute atomic E-state index is 5.98. The summed E-state index contributed by atoms with van der Waals surface area (Å²) in [5, 5.41) is 7.77. The molecule has 2 rings (SSSR count). The lowest BCUT2D eigenvalue weighted by molar-refractivity contribution is 0.293. The number of hydrogen-bond donors (Lipinski definition) is 1. The number of para-hydroxylation sites is 1. The minimum Gasteiger partial charge on any atom is -0.487 e. The number of ether oxygens (including phenoxy) is 1. The van der Waals surface area contributed by atoms with Crippen molar-refractivity contribution in [2.45, 2.75) is 40.0 Å². The first kappa shape index (κ1) is 14.6. The number of aryl methyl sites for hydroxylation is 2. The molecule has 0 unspecified atom stereocenters. The summed E-state index contributed by atoms with van der Waals surface area (Å²) >= 11 is 0. The summed E-state index contributed by atoms with van der Waals surface area (Å²) < 4.78 is 7.77. The molecule has 4 heteroatoms. The number of hydrogen-bond acceptors (Lipinski definition) is 3. The van der Waals surface area contributed by atoms with Crippen molar-refractivity contribution in [1.82, 2.24) is 15.1 Å². The molecular formula is C16H23N3O. The third kappa shape index (κ3) is 3.84. The Morgan fingerprint density at radius 1 is 1.30 bits per heavy atom. The molecule has 4 nitrogen and oxygen atoms in total. The first-order valence-electron chi connectivity index (χ1n) is 6.99. The second-order valence-electron chi connectivity index (χ2n) is 5.37. The van der Waals surface area contributed by atoms with Crippen LogP contribution in [0.2, 0.25) is 0 Å². The Morgan fingerprint density at radius 2 is 2.10 bits per heavy atom. The summed E-state index contributed by atoms with van der Waals surface area (Å²) in [5.74, 6) is 0.964. The fourth-order valence-corrected chi connectivity index (χ4v) is 2.06. The lowest BCUT2D eigenvalue weighted by Crippen LogP contribution is -2.22. The zero-order chi connectivity index (χ0) is 14.5. The number of nitrogens with zero attached hydrogens (tertiary/aromatic N) is 2. The molecule has 0 aliphatic carbocycles. The maximum Gasteiger partial charge on any atom is 0.132 e. The van der Waals surface area contributed by atoms with Gasteiger partial charge in [-0.25, -0.2) is 0 Å². The lowest BCUT2D eigenvalue weighted by Gasteiger charge is -2.15. The Labute approximate surface area is 120 Å². The van der Waals surface area contributed by atoms with Crippen molar-refractivity contribution in [2.75, 3.05) is 0 Å². The topological polar surface area (TPSA) is 39.1 Å². The van der Waals surface area contributed by atoms with Crippen LogP contribution < -0.4 is 10.1 Å². The van der Waals surface area contributed by atoms with Crippen molar-refractivity contribution >= 4 is 0 Å². The molecule has 0 saturated carbocycles. The van der Waals surface area contributed by atoms with E-state index >= 15 is 0 Å². The molecule has 1 aromatic carbocycles. The van der Waals surface area contributed by atoms with Crippen LogP contribution in [0.25, 0.3) is 0 Å². The molecule has 0 fully saturated rings. The lowest BCUT2D eigenvalue weighted by atomic mass is 10.1. The van der Waals surface area contributed by atoms with Crippen LogP contribution in [-0.4, -0.2) is 15.8 Å². The van der Waals surface area contributed by atoms with Crippen LogP contribution in [0.3, 0.4) is 0 Å². The van der Waals surface area contributed by atoms with Crippen LogP contribution in [0.15, 0.2) is 30.5 Å². The quantitative estimate of drug-likeness (QED) is 0.879. The Bertz CT molecular complexity index is 561.